The second kappa shape index (κ2) is 3.58. The monoisotopic (exact) mass is 191 g/mol. The summed E-state index contributed by atoms with van der Waals surface area (Å²) >= 11 is 0. The zero-order chi connectivity index (χ0) is 10.1. The number of anilines is 1. The van der Waals surface area contributed by atoms with E-state index in [2.05, 4.69) is 28.9 Å². The van der Waals surface area contributed by atoms with Crippen molar-refractivity contribution < 1.29 is 0 Å². The van der Waals surface area contributed by atoms with Gasteiger partial charge in [0.25, 0.3) is 0 Å². The highest BCUT2D eigenvalue weighted by molar-refractivity contribution is 5.48. The van der Waals surface area contributed by atoms with Crippen LogP contribution in [0.1, 0.15) is 19.0 Å². The second-order valence-corrected chi connectivity index (χ2v) is 4.04. The van der Waals surface area contributed by atoms with Gasteiger partial charge >= 0.3 is 0 Å². The fourth-order valence-corrected chi connectivity index (χ4v) is 2.04. The molecule has 2 N–H and O–H groups in total. The third-order valence-corrected chi connectivity index (χ3v) is 3.03. The lowest BCUT2D eigenvalue weighted by Gasteiger charge is -2.25. The zero-order valence-electron chi connectivity index (χ0n) is 8.77. The van der Waals surface area contributed by atoms with Crippen LogP contribution in [0, 0.1) is 6.92 Å². The van der Waals surface area contributed by atoms with Crippen molar-refractivity contribution in [2.75, 3.05) is 11.4 Å². The summed E-state index contributed by atoms with van der Waals surface area (Å²) in [4.78, 5) is 6.56. The average Bonchev–Trinajstić information content (AvgIpc) is 2.48. The quantitative estimate of drug-likeness (QED) is 0.728. The van der Waals surface area contributed by atoms with Gasteiger partial charge < -0.3 is 10.6 Å². The van der Waals surface area contributed by atoms with Gasteiger partial charge in [-0.15, -0.1) is 0 Å². The average molecular weight is 191 g/mol. The van der Waals surface area contributed by atoms with Crippen molar-refractivity contribution in [2.24, 2.45) is 5.73 Å². The van der Waals surface area contributed by atoms with Crippen molar-refractivity contribution in [3.63, 3.8) is 0 Å². The number of pyridine rings is 1. The predicted molar refractivity (Wildman–Crippen MR) is 58.4 cm³/mol. The molecule has 0 radical (unpaired) electrons. The van der Waals surface area contributed by atoms with E-state index in [9.17, 15) is 0 Å². The van der Waals surface area contributed by atoms with Gasteiger partial charge in [0, 0.05) is 36.2 Å². The highest BCUT2D eigenvalue weighted by Gasteiger charge is 2.27. The van der Waals surface area contributed by atoms with Crippen LogP contribution < -0.4 is 10.6 Å². The third kappa shape index (κ3) is 1.60. The third-order valence-electron chi connectivity index (χ3n) is 3.03. The van der Waals surface area contributed by atoms with E-state index >= 15 is 0 Å². The maximum Gasteiger partial charge on any atom is 0.0413 e. The molecular formula is C11H17N3. The molecule has 0 bridgehead atoms. The topological polar surface area (TPSA) is 42.1 Å². The normalized spacial score (nSPS) is 26.9. The van der Waals surface area contributed by atoms with Crippen LogP contribution in [-0.4, -0.2) is 23.6 Å². The number of rotatable bonds is 1. The van der Waals surface area contributed by atoms with Crippen LogP contribution in [0.3, 0.4) is 0 Å². The molecular weight excluding hydrogens is 174 g/mol. The molecule has 1 saturated heterocycles. The molecule has 0 aromatic carbocycles. The lowest BCUT2D eigenvalue weighted by molar-refractivity contribution is 0.624. The van der Waals surface area contributed by atoms with Gasteiger partial charge in [0.2, 0.25) is 0 Å². The number of aryl methyl sites for hydroxylation is 1. The molecule has 1 aliphatic rings. The first-order valence-corrected chi connectivity index (χ1v) is 5.13. The van der Waals surface area contributed by atoms with Crippen molar-refractivity contribution in [3.05, 3.63) is 24.0 Å². The molecule has 3 heteroatoms. The Labute approximate surface area is 84.9 Å². The second-order valence-electron chi connectivity index (χ2n) is 4.04. The molecule has 14 heavy (non-hydrogen) atoms. The maximum absolute atomic E-state index is 5.99. The Kier molecular flexibility index (Phi) is 2.42. The van der Waals surface area contributed by atoms with E-state index in [4.69, 9.17) is 5.73 Å². The van der Waals surface area contributed by atoms with Gasteiger partial charge in [0.05, 0.1) is 0 Å². The standard InChI is InChI=1S/C11H17N3/c1-8-7-10(3-5-13-8)14-6-4-11(12)9(14)2/h3,5,7,9,11H,4,6,12H2,1-2H3. The Hall–Kier alpha value is -1.09. The molecule has 2 rings (SSSR count). The fraction of sp³-hybridized carbons (Fsp3) is 0.545. The van der Waals surface area contributed by atoms with Crippen LogP contribution in [0.4, 0.5) is 5.69 Å². The SMILES string of the molecule is Cc1cc(N2CCC(N)C2C)ccn1. The van der Waals surface area contributed by atoms with Crippen molar-refractivity contribution in [1.82, 2.24) is 4.98 Å². The summed E-state index contributed by atoms with van der Waals surface area (Å²) in [5, 5.41) is 0. The number of nitrogens with two attached hydrogens (primary N) is 1. The van der Waals surface area contributed by atoms with E-state index in [1.54, 1.807) is 0 Å². The molecule has 2 unspecified atom stereocenters. The molecule has 1 aromatic heterocycles. The number of aromatic nitrogens is 1. The zero-order valence-corrected chi connectivity index (χ0v) is 8.77. The number of nitrogens with zero attached hydrogens (tertiary/aromatic N) is 2. The smallest absolute Gasteiger partial charge is 0.0413 e. The summed E-state index contributed by atoms with van der Waals surface area (Å²) in [6.45, 7) is 5.27. The lowest BCUT2D eigenvalue weighted by Crippen LogP contribution is -2.36. The lowest BCUT2D eigenvalue weighted by atomic mass is 10.1. The Bertz CT molecular complexity index is 324. The van der Waals surface area contributed by atoms with Crippen LogP contribution in [0.2, 0.25) is 0 Å². The molecule has 0 spiro atoms. The highest BCUT2D eigenvalue weighted by atomic mass is 15.2. The molecule has 1 aromatic rings. The molecule has 2 heterocycles. The molecule has 0 saturated carbocycles. The van der Waals surface area contributed by atoms with Gasteiger partial charge in [0.1, 0.15) is 0 Å². The molecule has 0 aliphatic carbocycles. The fourth-order valence-electron chi connectivity index (χ4n) is 2.04. The van der Waals surface area contributed by atoms with E-state index in [-0.39, 0.29) is 0 Å². The van der Waals surface area contributed by atoms with E-state index < -0.39 is 0 Å². The summed E-state index contributed by atoms with van der Waals surface area (Å²) in [5.74, 6) is 0. The first-order valence-electron chi connectivity index (χ1n) is 5.13. The summed E-state index contributed by atoms with van der Waals surface area (Å²) in [6, 6.07) is 4.93. The largest absolute Gasteiger partial charge is 0.367 e. The van der Waals surface area contributed by atoms with Crippen LogP contribution in [-0.2, 0) is 0 Å². The van der Waals surface area contributed by atoms with Crippen LogP contribution in [0.5, 0.6) is 0 Å². The summed E-state index contributed by atoms with van der Waals surface area (Å²) in [5.41, 5.74) is 8.30. The highest BCUT2D eigenvalue weighted by Crippen LogP contribution is 2.24. The molecule has 1 aliphatic heterocycles. The molecule has 0 amide bonds. The minimum Gasteiger partial charge on any atom is -0.367 e. The van der Waals surface area contributed by atoms with Crippen molar-refractivity contribution in [1.29, 1.82) is 0 Å². The first-order chi connectivity index (χ1) is 6.68. The van der Waals surface area contributed by atoms with Gasteiger partial charge in [-0.25, -0.2) is 0 Å². The Balaban J connectivity index is 2.23. The van der Waals surface area contributed by atoms with Crippen molar-refractivity contribution in [2.45, 2.75) is 32.4 Å². The van der Waals surface area contributed by atoms with Gasteiger partial charge in [-0.3, -0.25) is 4.98 Å². The number of hydrogen-bond acceptors (Lipinski definition) is 3. The van der Waals surface area contributed by atoms with Crippen LogP contribution in [0.25, 0.3) is 0 Å². The van der Waals surface area contributed by atoms with Crippen molar-refractivity contribution in [3.8, 4) is 0 Å². The van der Waals surface area contributed by atoms with E-state index in [1.165, 1.54) is 5.69 Å². The minimum atomic E-state index is 0.309. The summed E-state index contributed by atoms with van der Waals surface area (Å²) in [7, 11) is 0. The molecule has 2 atom stereocenters. The van der Waals surface area contributed by atoms with Gasteiger partial charge in [0.15, 0.2) is 0 Å². The molecule has 76 valence electrons. The number of hydrogen-bond donors (Lipinski definition) is 1. The van der Waals surface area contributed by atoms with Gasteiger partial charge in [-0.1, -0.05) is 0 Å². The van der Waals surface area contributed by atoms with Crippen molar-refractivity contribution >= 4 is 5.69 Å². The maximum atomic E-state index is 5.99. The van der Waals surface area contributed by atoms with Crippen LogP contribution in [0.15, 0.2) is 18.3 Å². The molecule has 1 fully saturated rings. The molecule has 3 nitrogen and oxygen atoms in total. The first kappa shape index (κ1) is 9.46. The summed E-state index contributed by atoms with van der Waals surface area (Å²) < 4.78 is 0. The van der Waals surface area contributed by atoms with Crippen LogP contribution >= 0.6 is 0 Å². The Morgan fingerprint density at radius 3 is 2.93 bits per heavy atom. The van der Waals surface area contributed by atoms with Gasteiger partial charge in [-0.05, 0) is 32.4 Å². The minimum absolute atomic E-state index is 0.309. The summed E-state index contributed by atoms with van der Waals surface area (Å²) in [6.07, 6.45) is 2.95. The Morgan fingerprint density at radius 2 is 2.36 bits per heavy atom. The van der Waals surface area contributed by atoms with Gasteiger partial charge in [-0.2, -0.15) is 0 Å². The van der Waals surface area contributed by atoms with E-state index in [0.29, 0.717) is 12.1 Å². The predicted octanol–water partition coefficient (Wildman–Crippen LogP) is 1.32. The Morgan fingerprint density at radius 1 is 1.57 bits per heavy atom. The van der Waals surface area contributed by atoms with E-state index in [0.717, 1.165) is 18.7 Å². The van der Waals surface area contributed by atoms with E-state index in [1.807, 2.05) is 13.1 Å².